The van der Waals surface area contributed by atoms with Gasteiger partial charge in [0, 0.05) is 19.1 Å². The molecule has 78 valence electrons. The van der Waals surface area contributed by atoms with Crippen LogP contribution in [0.4, 0.5) is 0 Å². The first-order valence-electron chi connectivity index (χ1n) is 5.47. The molecule has 1 atom stereocenters. The molecule has 0 radical (unpaired) electrons. The van der Waals surface area contributed by atoms with Crippen molar-refractivity contribution in [2.24, 2.45) is 5.41 Å². The van der Waals surface area contributed by atoms with E-state index in [1.165, 1.54) is 25.9 Å². The molecule has 13 heavy (non-hydrogen) atoms. The highest BCUT2D eigenvalue weighted by molar-refractivity contribution is 4.86. The van der Waals surface area contributed by atoms with E-state index in [2.05, 4.69) is 31.0 Å². The molecule has 0 aliphatic carbocycles. The summed E-state index contributed by atoms with van der Waals surface area (Å²) in [4.78, 5) is 2.64. The Bertz CT molecular complexity index is 154. The van der Waals surface area contributed by atoms with Gasteiger partial charge in [0.2, 0.25) is 0 Å². The molecule has 0 amide bonds. The van der Waals surface area contributed by atoms with Crippen molar-refractivity contribution in [3.8, 4) is 0 Å². The predicted octanol–water partition coefficient (Wildman–Crippen LogP) is 1.72. The van der Waals surface area contributed by atoms with Crippen LogP contribution in [0.5, 0.6) is 0 Å². The first-order valence-corrected chi connectivity index (χ1v) is 5.47. The Hall–Kier alpha value is -0.0800. The van der Waals surface area contributed by atoms with Crippen LogP contribution in [0.2, 0.25) is 0 Å². The van der Waals surface area contributed by atoms with Crippen LogP contribution >= 0.6 is 0 Å². The maximum Gasteiger partial charge on any atom is 0.0218 e. The predicted molar refractivity (Wildman–Crippen MR) is 58.0 cm³/mol. The summed E-state index contributed by atoms with van der Waals surface area (Å²) in [5.41, 5.74) is 0.543. The van der Waals surface area contributed by atoms with E-state index in [1.54, 1.807) is 0 Å². The van der Waals surface area contributed by atoms with Crippen LogP contribution in [0.3, 0.4) is 0 Å². The summed E-state index contributed by atoms with van der Waals surface area (Å²) in [5.74, 6) is 0. The molecule has 2 heteroatoms. The van der Waals surface area contributed by atoms with Gasteiger partial charge in [-0.05, 0) is 31.8 Å². The monoisotopic (exact) mass is 184 g/mol. The van der Waals surface area contributed by atoms with Gasteiger partial charge < -0.3 is 5.32 Å². The van der Waals surface area contributed by atoms with Gasteiger partial charge in [0.15, 0.2) is 0 Å². The Labute approximate surface area is 82.7 Å². The van der Waals surface area contributed by atoms with Crippen molar-refractivity contribution in [2.75, 3.05) is 26.7 Å². The van der Waals surface area contributed by atoms with E-state index in [4.69, 9.17) is 0 Å². The minimum atomic E-state index is 0.543. The van der Waals surface area contributed by atoms with Crippen LogP contribution in [-0.2, 0) is 0 Å². The summed E-state index contributed by atoms with van der Waals surface area (Å²) in [6.07, 6.45) is 2.62. The Balaban J connectivity index is 2.43. The second-order valence-electron chi connectivity index (χ2n) is 5.00. The summed E-state index contributed by atoms with van der Waals surface area (Å²) in [7, 11) is 2.05. The van der Waals surface area contributed by atoms with Crippen molar-refractivity contribution in [3.05, 3.63) is 0 Å². The normalized spacial score (nSPS) is 24.9. The van der Waals surface area contributed by atoms with Crippen LogP contribution in [0.25, 0.3) is 0 Å². The first kappa shape index (κ1) is 11.0. The van der Waals surface area contributed by atoms with Crippen molar-refractivity contribution < 1.29 is 0 Å². The van der Waals surface area contributed by atoms with Gasteiger partial charge in [-0.1, -0.05) is 20.8 Å². The molecule has 1 unspecified atom stereocenters. The zero-order valence-corrected chi connectivity index (χ0v) is 9.56. The highest BCUT2D eigenvalue weighted by Gasteiger charge is 2.32. The van der Waals surface area contributed by atoms with Gasteiger partial charge in [-0.3, -0.25) is 4.90 Å². The lowest BCUT2D eigenvalue weighted by Gasteiger charge is -2.28. The molecular weight excluding hydrogens is 160 g/mol. The Kier molecular flexibility index (Phi) is 3.74. The third-order valence-electron chi connectivity index (χ3n) is 3.13. The summed E-state index contributed by atoms with van der Waals surface area (Å²) < 4.78 is 0. The minimum Gasteiger partial charge on any atom is -0.318 e. The van der Waals surface area contributed by atoms with Gasteiger partial charge >= 0.3 is 0 Å². The summed E-state index contributed by atoms with van der Waals surface area (Å²) in [5, 5.41) is 3.28. The lowest BCUT2D eigenvalue weighted by Crippen LogP contribution is -2.40. The number of likely N-dealkylation sites (tertiary alicyclic amines) is 1. The van der Waals surface area contributed by atoms with E-state index in [0.717, 1.165) is 12.6 Å². The van der Waals surface area contributed by atoms with Gasteiger partial charge in [0.25, 0.3) is 0 Å². The third-order valence-corrected chi connectivity index (χ3v) is 3.13. The number of rotatable bonds is 4. The molecule has 1 aliphatic rings. The van der Waals surface area contributed by atoms with Crippen LogP contribution < -0.4 is 5.32 Å². The second-order valence-corrected chi connectivity index (χ2v) is 5.00. The number of nitrogens with zero attached hydrogens (tertiary/aromatic N) is 1. The van der Waals surface area contributed by atoms with Crippen LogP contribution in [0.15, 0.2) is 0 Å². The van der Waals surface area contributed by atoms with E-state index >= 15 is 0 Å². The Morgan fingerprint density at radius 2 is 2.15 bits per heavy atom. The van der Waals surface area contributed by atoms with Crippen molar-refractivity contribution in [1.82, 2.24) is 10.2 Å². The van der Waals surface area contributed by atoms with Crippen molar-refractivity contribution >= 4 is 0 Å². The molecule has 1 fully saturated rings. The van der Waals surface area contributed by atoms with E-state index in [-0.39, 0.29) is 0 Å². The third kappa shape index (κ3) is 2.96. The summed E-state index contributed by atoms with van der Waals surface area (Å²) in [6.45, 7) is 10.7. The van der Waals surface area contributed by atoms with Crippen molar-refractivity contribution in [3.63, 3.8) is 0 Å². The molecule has 0 bridgehead atoms. The number of likely N-dealkylation sites (N-methyl/N-ethyl adjacent to an activating group) is 1. The van der Waals surface area contributed by atoms with Gasteiger partial charge in [-0.15, -0.1) is 0 Å². The SMILES string of the molecule is CCC(CNC)N1CCC(C)(C)C1. The molecule has 0 spiro atoms. The highest BCUT2D eigenvalue weighted by atomic mass is 15.2. The van der Waals surface area contributed by atoms with E-state index in [1.807, 2.05) is 7.05 Å². The van der Waals surface area contributed by atoms with E-state index < -0.39 is 0 Å². The fraction of sp³-hybridized carbons (Fsp3) is 1.00. The molecule has 1 heterocycles. The van der Waals surface area contributed by atoms with Gasteiger partial charge in [0.1, 0.15) is 0 Å². The van der Waals surface area contributed by atoms with E-state index in [0.29, 0.717) is 5.41 Å². The smallest absolute Gasteiger partial charge is 0.0218 e. The first-order chi connectivity index (χ1) is 6.09. The van der Waals surface area contributed by atoms with Crippen molar-refractivity contribution in [1.29, 1.82) is 0 Å². The minimum absolute atomic E-state index is 0.543. The zero-order chi connectivity index (χ0) is 9.90. The number of nitrogens with one attached hydrogen (secondary N) is 1. The lowest BCUT2D eigenvalue weighted by molar-refractivity contribution is 0.209. The Morgan fingerprint density at radius 1 is 1.46 bits per heavy atom. The molecule has 1 aliphatic heterocycles. The maximum atomic E-state index is 3.28. The fourth-order valence-electron chi connectivity index (χ4n) is 2.23. The molecular formula is C11H24N2. The molecule has 0 aromatic carbocycles. The molecule has 1 saturated heterocycles. The topological polar surface area (TPSA) is 15.3 Å². The molecule has 1 rings (SSSR count). The molecule has 2 nitrogen and oxygen atoms in total. The van der Waals surface area contributed by atoms with Gasteiger partial charge in [0.05, 0.1) is 0 Å². The van der Waals surface area contributed by atoms with Crippen LogP contribution in [0, 0.1) is 5.41 Å². The van der Waals surface area contributed by atoms with Gasteiger partial charge in [-0.2, -0.15) is 0 Å². The standard InChI is InChI=1S/C11H24N2/c1-5-10(8-12-4)13-7-6-11(2,3)9-13/h10,12H,5-9H2,1-4H3. The fourth-order valence-corrected chi connectivity index (χ4v) is 2.23. The number of hydrogen-bond acceptors (Lipinski definition) is 2. The van der Waals surface area contributed by atoms with E-state index in [9.17, 15) is 0 Å². The quantitative estimate of drug-likeness (QED) is 0.715. The summed E-state index contributed by atoms with van der Waals surface area (Å²) in [6, 6.07) is 0.742. The maximum absolute atomic E-state index is 3.28. The van der Waals surface area contributed by atoms with Crippen LogP contribution in [0.1, 0.15) is 33.6 Å². The van der Waals surface area contributed by atoms with Crippen LogP contribution in [-0.4, -0.2) is 37.6 Å². The Morgan fingerprint density at radius 3 is 2.54 bits per heavy atom. The molecule has 0 aromatic rings. The van der Waals surface area contributed by atoms with Gasteiger partial charge in [-0.25, -0.2) is 0 Å². The average molecular weight is 184 g/mol. The molecule has 0 saturated carbocycles. The molecule has 0 aromatic heterocycles. The molecule has 1 N–H and O–H groups in total. The highest BCUT2D eigenvalue weighted by Crippen LogP contribution is 2.30. The summed E-state index contributed by atoms with van der Waals surface area (Å²) >= 11 is 0. The van der Waals surface area contributed by atoms with Crippen molar-refractivity contribution in [2.45, 2.75) is 39.7 Å². The average Bonchev–Trinajstić information content (AvgIpc) is 2.42. The number of hydrogen-bond donors (Lipinski definition) is 1. The second kappa shape index (κ2) is 4.43. The zero-order valence-electron chi connectivity index (χ0n) is 9.56. The largest absolute Gasteiger partial charge is 0.318 e. The lowest BCUT2D eigenvalue weighted by atomic mass is 9.93.